The van der Waals surface area contributed by atoms with Gasteiger partial charge in [-0.15, -0.1) is 0 Å². The van der Waals surface area contributed by atoms with Crippen molar-refractivity contribution < 1.29 is 22.0 Å². The molecule has 2 aromatic carbocycles. The Morgan fingerprint density at radius 1 is 1.03 bits per heavy atom. The van der Waals surface area contributed by atoms with E-state index in [1.54, 1.807) is 6.92 Å². The van der Waals surface area contributed by atoms with Crippen LogP contribution in [0.5, 0.6) is 0 Å². The maximum Gasteiger partial charge on any atom is 0.255 e. The summed E-state index contributed by atoms with van der Waals surface area (Å²) in [6.07, 6.45) is 3.56. The predicted octanol–water partition coefficient (Wildman–Crippen LogP) is 4.38. The SMILES string of the molecule is Cc1ccc(NC(=O)c2ccc(F)c(S(=O)(=O)NC3CCCCC3C)c2)cc1F. The highest BCUT2D eigenvalue weighted by molar-refractivity contribution is 7.89. The Hall–Kier alpha value is -2.32. The molecule has 2 N–H and O–H groups in total. The zero-order valence-corrected chi connectivity index (χ0v) is 17.2. The molecule has 0 spiro atoms. The van der Waals surface area contributed by atoms with Crippen LogP contribution in [0.1, 0.15) is 48.5 Å². The molecule has 0 saturated heterocycles. The zero-order chi connectivity index (χ0) is 21.2. The second-order valence-corrected chi connectivity index (χ2v) is 9.24. The van der Waals surface area contributed by atoms with Gasteiger partial charge in [0.05, 0.1) is 0 Å². The van der Waals surface area contributed by atoms with E-state index in [2.05, 4.69) is 10.0 Å². The van der Waals surface area contributed by atoms with Gasteiger partial charge >= 0.3 is 0 Å². The van der Waals surface area contributed by atoms with Crippen LogP contribution in [-0.4, -0.2) is 20.4 Å². The van der Waals surface area contributed by atoms with Gasteiger partial charge < -0.3 is 5.32 Å². The lowest BCUT2D eigenvalue weighted by Crippen LogP contribution is -2.41. The summed E-state index contributed by atoms with van der Waals surface area (Å²) in [4.78, 5) is 11.9. The molecule has 3 rings (SSSR count). The number of hydrogen-bond donors (Lipinski definition) is 2. The van der Waals surface area contributed by atoms with Gasteiger partial charge in [-0.25, -0.2) is 21.9 Å². The molecule has 1 amide bonds. The van der Waals surface area contributed by atoms with Gasteiger partial charge in [0.1, 0.15) is 16.5 Å². The number of carbonyl (C=O) groups is 1. The van der Waals surface area contributed by atoms with Gasteiger partial charge in [-0.05, 0) is 61.6 Å². The smallest absolute Gasteiger partial charge is 0.255 e. The molecule has 1 aliphatic carbocycles. The molecule has 1 saturated carbocycles. The van der Waals surface area contributed by atoms with E-state index in [-0.39, 0.29) is 23.2 Å². The van der Waals surface area contributed by atoms with E-state index in [4.69, 9.17) is 0 Å². The third-order valence-electron chi connectivity index (χ3n) is 5.33. The van der Waals surface area contributed by atoms with Gasteiger partial charge in [0.2, 0.25) is 10.0 Å². The average Bonchev–Trinajstić information content (AvgIpc) is 2.66. The monoisotopic (exact) mass is 422 g/mol. The molecule has 0 radical (unpaired) electrons. The van der Waals surface area contributed by atoms with E-state index in [1.165, 1.54) is 24.3 Å². The maximum absolute atomic E-state index is 14.3. The Morgan fingerprint density at radius 3 is 2.45 bits per heavy atom. The van der Waals surface area contributed by atoms with E-state index in [9.17, 15) is 22.0 Å². The van der Waals surface area contributed by atoms with Gasteiger partial charge in [0.25, 0.3) is 5.91 Å². The van der Waals surface area contributed by atoms with Gasteiger partial charge in [0.15, 0.2) is 0 Å². The average molecular weight is 422 g/mol. The lowest BCUT2D eigenvalue weighted by atomic mass is 9.87. The molecule has 29 heavy (non-hydrogen) atoms. The number of nitrogens with one attached hydrogen (secondary N) is 2. The quantitative estimate of drug-likeness (QED) is 0.751. The highest BCUT2D eigenvalue weighted by Crippen LogP contribution is 2.26. The van der Waals surface area contributed by atoms with Crippen molar-refractivity contribution in [3.8, 4) is 0 Å². The number of amides is 1. The van der Waals surface area contributed by atoms with Crippen molar-refractivity contribution in [3.05, 3.63) is 59.2 Å². The Kier molecular flexibility index (Phi) is 6.33. The number of rotatable bonds is 5. The summed E-state index contributed by atoms with van der Waals surface area (Å²) in [5.41, 5.74) is 0.617. The maximum atomic E-state index is 14.3. The first-order chi connectivity index (χ1) is 13.7. The minimum atomic E-state index is -4.13. The fraction of sp³-hybridized carbons (Fsp3) is 0.381. The predicted molar refractivity (Wildman–Crippen MR) is 107 cm³/mol. The number of aryl methyl sites for hydroxylation is 1. The number of hydrogen-bond acceptors (Lipinski definition) is 3. The topological polar surface area (TPSA) is 75.3 Å². The third kappa shape index (κ3) is 5.00. The minimum absolute atomic E-state index is 0.0375. The van der Waals surface area contributed by atoms with Crippen LogP contribution in [0.3, 0.4) is 0 Å². The third-order valence-corrected chi connectivity index (χ3v) is 6.84. The highest BCUT2D eigenvalue weighted by atomic mass is 32.2. The largest absolute Gasteiger partial charge is 0.322 e. The van der Waals surface area contributed by atoms with E-state index in [0.29, 0.717) is 12.0 Å². The Labute approximate surface area is 169 Å². The molecule has 0 aromatic heterocycles. The van der Waals surface area contributed by atoms with Crippen LogP contribution >= 0.6 is 0 Å². The molecular weight excluding hydrogens is 398 g/mol. The van der Waals surface area contributed by atoms with Crippen molar-refractivity contribution in [2.75, 3.05) is 5.32 Å². The summed E-state index contributed by atoms with van der Waals surface area (Å²) in [6.45, 7) is 3.56. The molecular formula is C21H24F2N2O3S. The second-order valence-electron chi connectivity index (χ2n) is 7.55. The van der Waals surface area contributed by atoms with Gasteiger partial charge in [-0.1, -0.05) is 25.8 Å². The van der Waals surface area contributed by atoms with Crippen LogP contribution in [0, 0.1) is 24.5 Å². The van der Waals surface area contributed by atoms with E-state index < -0.39 is 32.5 Å². The first-order valence-electron chi connectivity index (χ1n) is 9.57. The van der Waals surface area contributed by atoms with Crippen LogP contribution in [-0.2, 0) is 10.0 Å². The normalized spacial score (nSPS) is 19.7. The van der Waals surface area contributed by atoms with E-state index in [1.807, 2.05) is 6.92 Å². The fourth-order valence-electron chi connectivity index (χ4n) is 3.48. The van der Waals surface area contributed by atoms with Crippen LogP contribution in [0.15, 0.2) is 41.3 Å². The van der Waals surface area contributed by atoms with Crippen LogP contribution < -0.4 is 10.0 Å². The Balaban J connectivity index is 1.83. The van der Waals surface area contributed by atoms with Crippen molar-refractivity contribution in [1.29, 1.82) is 0 Å². The number of anilines is 1. The van der Waals surface area contributed by atoms with Crippen LogP contribution in [0.25, 0.3) is 0 Å². The zero-order valence-electron chi connectivity index (χ0n) is 16.3. The van der Waals surface area contributed by atoms with Crippen LogP contribution in [0.4, 0.5) is 14.5 Å². The molecule has 8 heteroatoms. The van der Waals surface area contributed by atoms with Crippen molar-refractivity contribution in [3.63, 3.8) is 0 Å². The molecule has 1 aliphatic rings. The molecule has 5 nitrogen and oxygen atoms in total. The molecule has 1 fully saturated rings. The van der Waals surface area contributed by atoms with Crippen molar-refractivity contribution in [1.82, 2.24) is 4.72 Å². The summed E-state index contributed by atoms with van der Waals surface area (Å²) in [7, 11) is -4.13. The van der Waals surface area contributed by atoms with Gasteiger partial charge in [0, 0.05) is 17.3 Å². The number of sulfonamides is 1. The Bertz CT molecular complexity index is 1020. The molecule has 2 unspecified atom stereocenters. The number of carbonyl (C=O) groups excluding carboxylic acids is 1. The summed E-state index contributed by atoms with van der Waals surface area (Å²) in [6, 6.07) is 7.10. The summed E-state index contributed by atoms with van der Waals surface area (Å²) < 4.78 is 56.1. The standard InChI is InChI=1S/C21H24F2N2O3S/c1-13-7-9-16(12-18(13)23)24-21(26)15-8-10-17(22)20(11-15)29(27,28)25-19-6-4-3-5-14(19)2/h7-12,14,19,25H,3-6H2,1-2H3,(H,24,26). The highest BCUT2D eigenvalue weighted by Gasteiger charge is 2.29. The number of benzene rings is 2. The first kappa shape index (κ1) is 21.4. The molecule has 2 aromatic rings. The lowest BCUT2D eigenvalue weighted by Gasteiger charge is -2.29. The Morgan fingerprint density at radius 2 is 1.76 bits per heavy atom. The summed E-state index contributed by atoms with van der Waals surface area (Å²) >= 11 is 0. The molecule has 0 heterocycles. The van der Waals surface area contributed by atoms with Crippen molar-refractivity contribution in [2.24, 2.45) is 5.92 Å². The minimum Gasteiger partial charge on any atom is -0.322 e. The van der Waals surface area contributed by atoms with E-state index in [0.717, 1.165) is 31.4 Å². The molecule has 156 valence electrons. The first-order valence-corrected chi connectivity index (χ1v) is 11.0. The van der Waals surface area contributed by atoms with Crippen molar-refractivity contribution in [2.45, 2.75) is 50.5 Å². The second kappa shape index (κ2) is 8.59. The fourth-order valence-corrected chi connectivity index (χ4v) is 4.96. The summed E-state index contributed by atoms with van der Waals surface area (Å²) in [5, 5.41) is 2.50. The molecule has 0 bridgehead atoms. The van der Waals surface area contributed by atoms with E-state index >= 15 is 0 Å². The van der Waals surface area contributed by atoms with Gasteiger partial charge in [-0.3, -0.25) is 4.79 Å². The lowest BCUT2D eigenvalue weighted by molar-refractivity contribution is 0.102. The van der Waals surface area contributed by atoms with Crippen LogP contribution in [0.2, 0.25) is 0 Å². The van der Waals surface area contributed by atoms with Gasteiger partial charge in [-0.2, -0.15) is 0 Å². The summed E-state index contributed by atoms with van der Waals surface area (Å²) in [5.74, 6) is -1.91. The molecule has 0 aliphatic heterocycles. The molecule has 2 atom stereocenters. The van der Waals surface area contributed by atoms with Crippen molar-refractivity contribution >= 4 is 21.6 Å². The number of halogens is 2.